The first kappa shape index (κ1) is 21.0. The Balaban J connectivity index is 1.56. The highest BCUT2D eigenvalue weighted by Crippen LogP contribution is 2.33. The smallest absolute Gasteiger partial charge is 0.219 e. The molecule has 1 aliphatic heterocycles. The molecular formula is C19H21Cl2FN6O2. The number of benzene rings is 1. The van der Waals surface area contributed by atoms with Gasteiger partial charge in [-0.2, -0.15) is 0 Å². The van der Waals surface area contributed by atoms with E-state index < -0.39 is 11.9 Å². The van der Waals surface area contributed by atoms with Gasteiger partial charge < -0.3 is 14.8 Å². The van der Waals surface area contributed by atoms with Crippen LogP contribution in [0.25, 0.3) is 11.2 Å². The van der Waals surface area contributed by atoms with E-state index in [0.717, 1.165) is 26.2 Å². The SMILES string of the molecule is CC(On1ncc2ncc(N3CCN(CCO)CC3)nc21)c1c(Cl)ccc(F)c1Cl. The maximum Gasteiger partial charge on any atom is 0.219 e. The first-order valence-corrected chi connectivity index (χ1v) is 10.3. The van der Waals surface area contributed by atoms with E-state index in [4.69, 9.17) is 33.1 Å². The van der Waals surface area contributed by atoms with Crippen LogP contribution in [-0.4, -0.2) is 69.2 Å². The zero-order valence-electron chi connectivity index (χ0n) is 16.3. The summed E-state index contributed by atoms with van der Waals surface area (Å²) < 4.78 is 13.9. The number of hydrogen-bond acceptors (Lipinski definition) is 7. The molecule has 8 nitrogen and oxygen atoms in total. The van der Waals surface area contributed by atoms with Crippen LogP contribution < -0.4 is 9.74 Å². The van der Waals surface area contributed by atoms with Crippen molar-refractivity contribution in [2.45, 2.75) is 13.0 Å². The number of aliphatic hydroxyl groups excluding tert-OH is 1. The van der Waals surface area contributed by atoms with E-state index in [1.165, 1.54) is 17.0 Å². The molecule has 0 spiro atoms. The van der Waals surface area contributed by atoms with Gasteiger partial charge >= 0.3 is 0 Å². The molecule has 11 heteroatoms. The second-order valence-electron chi connectivity index (χ2n) is 7.01. The third kappa shape index (κ3) is 4.15. The monoisotopic (exact) mass is 454 g/mol. The Labute approximate surface area is 182 Å². The lowest BCUT2D eigenvalue weighted by molar-refractivity contribution is 0.0317. The number of aromatic nitrogens is 4. The Kier molecular flexibility index (Phi) is 6.24. The Bertz CT molecular complexity index is 1040. The molecule has 1 saturated heterocycles. The number of hydrogen-bond donors (Lipinski definition) is 1. The number of piperazine rings is 1. The van der Waals surface area contributed by atoms with Crippen molar-refractivity contribution in [1.29, 1.82) is 0 Å². The first-order chi connectivity index (χ1) is 14.5. The summed E-state index contributed by atoms with van der Waals surface area (Å²) in [7, 11) is 0. The zero-order chi connectivity index (χ0) is 21.3. The van der Waals surface area contributed by atoms with Crippen molar-refractivity contribution in [2.24, 2.45) is 0 Å². The third-order valence-electron chi connectivity index (χ3n) is 5.09. The zero-order valence-corrected chi connectivity index (χ0v) is 17.8. The highest BCUT2D eigenvalue weighted by atomic mass is 35.5. The van der Waals surface area contributed by atoms with Crippen molar-refractivity contribution >= 4 is 40.2 Å². The maximum absolute atomic E-state index is 13.9. The van der Waals surface area contributed by atoms with E-state index in [1.807, 2.05) is 0 Å². The van der Waals surface area contributed by atoms with Gasteiger partial charge in [0.1, 0.15) is 17.2 Å². The minimum Gasteiger partial charge on any atom is -0.395 e. The van der Waals surface area contributed by atoms with Crippen LogP contribution in [0.15, 0.2) is 24.5 Å². The molecule has 0 amide bonds. The standard InChI is InChI=1S/C19H21Cl2FN6O2/c1-12(17-13(20)2-3-14(22)18(17)21)30-28-19-15(10-24-28)23-11-16(25-19)27-6-4-26(5-7-27)8-9-29/h2-3,10-12,29H,4-9H2,1H3. The van der Waals surface area contributed by atoms with Gasteiger partial charge in [-0.15, -0.1) is 5.10 Å². The summed E-state index contributed by atoms with van der Waals surface area (Å²) in [4.78, 5) is 20.6. The normalized spacial score (nSPS) is 16.2. The summed E-state index contributed by atoms with van der Waals surface area (Å²) in [5, 5.41) is 13.5. The Morgan fingerprint density at radius 1 is 1.20 bits per heavy atom. The van der Waals surface area contributed by atoms with Gasteiger partial charge in [0.2, 0.25) is 5.65 Å². The topological polar surface area (TPSA) is 79.5 Å². The van der Waals surface area contributed by atoms with E-state index in [9.17, 15) is 4.39 Å². The molecule has 3 heterocycles. The fraction of sp³-hybridized carbons (Fsp3) is 0.421. The van der Waals surface area contributed by atoms with Crippen molar-refractivity contribution in [1.82, 2.24) is 24.8 Å². The van der Waals surface area contributed by atoms with Crippen LogP contribution in [0.1, 0.15) is 18.6 Å². The fourth-order valence-electron chi connectivity index (χ4n) is 3.46. The number of nitrogens with zero attached hydrogens (tertiary/aromatic N) is 6. The van der Waals surface area contributed by atoms with E-state index in [1.54, 1.807) is 19.3 Å². The predicted octanol–water partition coefficient (Wildman–Crippen LogP) is 2.58. The number of halogens is 3. The summed E-state index contributed by atoms with van der Waals surface area (Å²) >= 11 is 12.3. The summed E-state index contributed by atoms with van der Waals surface area (Å²) in [5.41, 5.74) is 1.35. The average molecular weight is 455 g/mol. The molecule has 0 bridgehead atoms. The minimum atomic E-state index is -0.670. The van der Waals surface area contributed by atoms with Gasteiger partial charge in [-0.3, -0.25) is 4.90 Å². The second-order valence-corrected chi connectivity index (χ2v) is 7.80. The average Bonchev–Trinajstić information content (AvgIpc) is 3.14. The second kappa shape index (κ2) is 8.89. The number of fused-ring (bicyclic) bond motifs is 1. The Morgan fingerprint density at radius 3 is 2.70 bits per heavy atom. The van der Waals surface area contributed by atoms with Crippen LogP contribution in [0.5, 0.6) is 0 Å². The summed E-state index contributed by atoms with van der Waals surface area (Å²) in [5.74, 6) is 0.144. The van der Waals surface area contributed by atoms with Crippen LogP contribution in [0.3, 0.4) is 0 Å². The van der Waals surface area contributed by atoms with E-state index in [-0.39, 0.29) is 11.6 Å². The third-order valence-corrected chi connectivity index (χ3v) is 5.80. The molecule has 1 atom stereocenters. The molecule has 1 aliphatic rings. The molecule has 0 radical (unpaired) electrons. The lowest BCUT2D eigenvalue weighted by Crippen LogP contribution is -2.47. The number of anilines is 1. The van der Waals surface area contributed by atoms with Crippen molar-refractivity contribution in [3.8, 4) is 0 Å². The molecule has 1 N–H and O–H groups in total. The van der Waals surface area contributed by atoms with Crippen LogP contribution >= 0.6 is 23.2 Å². The van der Waals surface area contributed by atoms with Crippen LogP contribution in [-0.2, 0) is 0 Å². The molecule has 30 heavy (non-hydrogen) atoms. The van der Waals surface area contributed by atoms with Crippen LogP contribution in [0, 0.1) is 5.82 Å². The molecular weight excluding hydrogens is 434 g/mol. The molecule has 1 aromatic carbocycles. The van der Waals surface area contributed by atoms with Gasteiger partial charge in [-0.25, -0.2) is 14.4 Å². The Morgan fingerprint density at radius 2 is 1.97 bits per heavy atom. The van der Waals surface area contributed by atoms with E-state index in [0.29, 0.717) is 34.1 Å². The highest BCUT2D eigenvalue weighted by Gasteiger charge is 2.22. The van der Waals surface area contributed by atoms with E-state index in [2.05, 4.69) is 24.9 Å². The number of rotatable bonds is 6. The van der Waals surface area contributed by atoms with Crippen molar-refractivity contribution in [3.05, 3.63) is 46.0 Å². The number of β-amino-alcohol motifs (C(OH)–C–C–N with tert-alkyl or cyclic N) is 1. The lowest BCUT2D eigenvalue weighted by atomic mass is 10.1. The molecule has 160 valence electrons. The highest BCUT2D eigenvalue weighted by molar-refractivity contribution is 6.36. The minimum absolute atomic E-state index is 0.0843. The molecule has 3 aromatic rings. The van der Waals surface area contributed by atoms with Gasteiger partial charge in [0, 0.05) is 43.3 Å². The van der Waals surface area contributed by atoms with Crippen molar-refractivity contribution in [3.63, 3.8) is 0 Å². The molecule has 1 unspecified atom stereocenters. The van der Waals surface area contributed by atoms with Gasteiger partial charge in [-0.1, -0.05) is 28.0 Å². The summed E-state index contributed by atoms with van der Waals surface area (Å²) in [6.07, 6.45) is 2.59. The van der Waals surface area contributed by atoms with Crippen LogP contribution in [0.4, 0.5) is 10.2 Å². The largest absolute Gasteiger partial charge is 0.395 e. The van der Waals surface area contributed by atoms with Crippen molar-refractivity contribution in [2.75, 3.05) is 44.2 Å². The van der Waals surface area contributed by atoms with Gasteiger partial charge in [0.05, 0.1) is 24.0 Å². The quantitative estimate of drug-likeness (QED) is 0.573. The van der Waals surface area contributed by atoms with Gasteiger partial charge in [-0.05, 0) is 19.1 Å². The van der Waals surface area contributed by atoms with Gasteiger partial charge in [0.25, 0.3) is 0 Å². The predicted molar refractivity (Wildman–Crippen MR) is 112 cm³/mol. The van der Waals surface area contributed by atoms with Gasteiger partial charge in [0.15, 0.2) is 6.10 Å². The molecule has 2 aromatic heterocycles. The fourth-order valence-corrected chi connectivity index (χ4v) is 4.14. The summed E-state index contributed by atoms with van der Waals surface area (Å²) in [6, 6.07) is 2.65. The van der Waals surface area contributed by atoms with Crippen LogP contribution in [0.2, 0.25) is 10.0 Å². The molecule has 4 rings (SSSR count). The molecule has 1 fully saturated rings. The van der Waals surface area contributed by atoms with Crippen molar-refractivity contribution < 1.29 is 14.3 Å². The Hall–Kier alpha value is -2.20. The maximum atomic E-state index is 13.9. The number of aliphatic hydroxyl groups is 1. The first-order valence-electron chi connectivity index (χ1n) is 9.57. The summed E-state index contributed by atoms with van der Waals surface area (Å²) in [6.45, 7) is 5.76. The lowest BCUT2D eigenvalue weighted by Gasteiger charge is -2.34. The van der Waals surface area contributed by atoms with E-state index >= 15 is 0 Å². The molecule has 0 aliphatic carbocycles. The molecule has 0 saturated carbocycles.